The Morgan fingerprint density at radius 3 is 2.04 bits per heavy atom. The maximum absolute atomic E-state index is 12.7. The molecule has 25 heavy (non-hydrogen) atoms. The Kier molecular flexibility index (Phi) is 5.98. The van der Waals surface area contributed by atoms with Crippen LogP contribution in [0, 0.1) is 0 Å². The lowest BCUT2D eigenvalue weighted by Crippen LogP contribution is -2.33. The number of hydrogen-bond donors (Lipinski definition) is 0. The number of para-hydroxylation sites is 1. The van der Waals surface area contributed by atoms with Crippen LogP contribution in [0.15, 0.2) is 59.5 Å². The Morgan fingerprint density at radius 1 is 1.00 bits per heavy atom. The van der Waals surface area contributed by atoms with Gasteiger partial charge < -0.3 is 4.90 Å². The molecule has 0 aliphatic carbocycles. The van der Waals surface area contributed by atoms with Gasteiger partial charge in [0.1, 0.15) is 0 Å². The van der Waals surface area contributed by atoms with Crippen molar-refractivity contribution in [1.82, 2.24) is 4.31 Å². The summed E-state index contributed by atoms with van der Waals surface area (Å²) < 4.78 is 26.3. The van der Waals surface area contributed by atoms with Gasteiger partial charge in [0.25, 0.3) is 5.91 Å². The molecule has 0 atom stereocenters. The molecule has 0 aliphatic heterocycles. The minimum Gasteiger partial charge on any atom is -0.309 e. The molecule has 0 bridgehead atoms. The van der Waals surface area contributed by atoms with Crippen molar-refractivity contribution < 1.29 is 13.2 Å². The van der Waals surface area contributed by atoms with Crippen LogP contribution >= 0.6 is 0 Å². The summed E-state index contributed by atoms with van der Waals surface area (Å²) in [7, 11) is -2.00. The molecule has 0 aliphatic rings. The average molecular weight is 360 g/mol. The van der Waals surface area contributed by atoms with Crippen LogP contribution in [0.4, 0.5) is 5.69 Å². The van der Waals surface area contributed by atoms with E-state index in [0.717, 1.165) is 5.69 Å². The molecule has 6 heteroatoms. The van der Waals surface area contributed by atoms with Crippen LogP contribution in [0.1, 0.15) is 31.1 Å². The van der Waals surface area contributed by atoms with E-state index in [2.05, 4.69) is 0 Å². The van der Waals surface area contributed by atoms with Crippen LogP contribution < -0.4 is 4.90 Å². The van der Waals surface area contributed by atoms with Crippen LogP contribution in [0.2, 0.25) is 0 Å². The summed E-state index contributed by atoms with van der Waals surface area (Å²) in [5.41, 5.74) is 1.27. The van der Waals surface area contributed by atoms with Crippen molar-refractivity contribution in [2.75, 3.05) is 18.5 Å². The van der Waals surface area contributed by atoms with Gasteiger partial charge in [-0.05, 0) is 57.2 Å². The highest BCUT2D eigenvalue weighted by Gasteiger charge is 2.24. The highest BCUT2D eigenvalue weighted by molar-refractivity contribution is 7.89. The van der Waals surface area contributed by atoms with Crippen molar-refractivity contribution in [2.45, 2.75) is 31.7 Å². The van der Waals surface area contributed by atoms with Gasteiger partial charge >= 0.3 is 0 Å². The van der Waals surface area contributed by atoms with E-state index in [1.54, 1.807) is 24.1 Å². The summed E-state index contributed by atoms with van der Waals surface area (Å²) in [4.78, 5) is 14.6. The predicted molar refractivity (Wildman–Crippen MR) is 100 cm³/mol. The topological polar surface area (TPSA) is 57.7 Å². The second kappa shape index (κ2) is 7.80. The summed E-state index contributed by atoms with van der Waals surface area (Å²) in [6, 6.07) is 15.4. The van der Waals surface area contributed by atoms with Crippen molar-refractivity contribution in [1.29, 1.82) is 0 Å². The summed E-state index contributed by atoms with van der Waals surface area (Å²) in [5.74, 6) is -0.158. The maximum Gasteiger partial charge on any atom is 0.258 e. The Balaban J connectivity index is 2.29. The number of sulfonamides is 1. The van der Waals surface area contributed by atoms with E-state index in [0.29, 0.717) is 12.1 Å². The molecule has 1 amide bonds. The number of amides is 1. The second-order valence-electron chi connectivity index (χ2n) is 6.02. The fourth-order valence-corrected chi connectivity index (χ4v) is 3.79. The number of carbonyl (C=O) groups is 1. The number of anilines is 1. The summed E-state index contributed by atoms with van der Waals surface area (Å²) in [6.45, 7) is 6.06. The van der Waals surface area contributed by atoms with Gasteiger partial charge in [0.15, 0.2) is 0 Å². The zero-order valence-electron chi connectivity index (χ0n) is 15.0. The van der Waals surface area contributed by atoms with E-state index in [9.17, 15) is 13.2 Å². The SMILES string of the molecule is CCN(C(=O)c1ccc(S(=O)(=O)N(C)C(C)C)cc1)c1ccccc1. The molecule has 0 radical (unpaired) electrons. The minimum absolute atomic E-state index is 0.139. The van der Waals surface area contributed by atoms with E-state index in [-0.39, 0.29) is 16.8 Å². The fraction of sp³-hybridized carbons (Fsp3) is 0.316. The molecule has 2 aromatic rings. The lowest BCUT2D eigenvalue weighted by Gasteiger charge is -2.22. The standard InChI is InChI=1S/C19H24N2O3S/c1-5-21(17-9-7-6-8-10-17)19(22)16-11-13-18(14-12-16)25(23,24)20(4)15(2)3/h6-15H,5H2,1-4H3. The van der Waals surface area contributed by atoms with Crippen LogP contribution in [-0.4, -0.2) is 38.3 Å². The molecule has 0 heterocycles. The summed E-state index contributed by atoms with van der Waals surface area (Å²) >= 11 is 0. The molecule has 0 saturated heterocycles. The van der Waals surface area contributed by atoms with Crippen molar-refractivity contribution in [3.63, 3.8) is 0 Å². The van der Waals surface area contributed by atoms with E-state index in [1.807, 2.05) is 51.1 Å². The van der Waals surface area contributed by atoms with Gasteiger partial charge in [0, 0.05) is 30.9 Å². The zero-order valence-corrected chi connectivity index (χ0v) is 15.8. The van der Waals surface area contributed by atoms with E-state index in [4.69, 9.17) is 0 Å². The Hall–Kier alpha value is -2.18. The molecule has 0 aromatic heterocycles. The molecule has 0 unspecified atom stereocenters. The lowest BCUT2D eigenvalue weighted by atomic mass is 10.2. The number of hydrogen-bond acceptors (Lipinski definition) is 3. The Morgan fingerprint density at radius 2 is 1.56 bits per heavy atom. The first-order valence-electron chi connectivity index (χ1n) is 8.24. The van der Waals surface area contributed by atoms with Gasteiger partial charge in [0.2, 0.25) is 10.0 Å². The monoisotopic (exact) mass is 360 g/mol. The summed E-state index contributed by atoms with van der Waals surface area (Å²) in [6.07, 6.45) is 0. The van der Waals surface area contributed by atoms with Crippen molar-refractivity contribution in [3.8, 4) is 0 Å². The Bertz CT molecular complexity index is 816. The zero-order chi connectivity index (χ0) is 18.6. The van der Waals surface area contributed by atoms with Gasteiger partial charge in [-0.25, -0.2) is 8.42 Å². The third-order valence-corrected chi connectivity index (χ3v) is 6.18. The van der Waals surface area contributed by atoms with E-state index in [1.165, 1.54) is 16.4 Å². The third-order valence-electron chi connectivity index (χ3n) is 4.13. The van der Waals surface area contributed by atoms with Crippen LogP contribution in [0.25, 0.3) is 0 Å². The maximum atomic E-state index is 12.7. The molecular weight excluding hydrogens is 336 g/mol. The second-order valence-corrected chi connectivity index (χ2v) is 8.02. The average Bonchev–Trinajstić information content (AvgIpc) is 2.62. The van der Waals surface area contributed by atoms with Crippen molar-refractivity contribution in [3.05, 3.63) is 60.2 Å². The first-order chi connectivity index (χ1) is 11.8. The summed E-state index contributed by atoms with van der Waals surface area (Å²) in [5, 5.41) is 0. The first-order valence-corrected chi connectivity index (χ1v) is 9.68. The predicted octanol–water partition coefficient (Wildman–Crippen LogP) is 3.38. The fourth-order valence-electron chi connectivity index (χ4n) is 2.42. The smallest absolute Gasteiger partial charge is 0.258 e. The van der Waals surface area contributed by atoms with Gasteiger partial charge in [0.05, 0.1) is 4.90 Å². The molecule has 2 rings (SSSR count). The molecule has 0 fully saturated rings. The number of rotatable bonds is 6. The van der Waals surface area contributed by atoms with Crippen molar-refractivity contribution >= 4 is 21.6 Å². The minimum atomic E-state index is -3.55. The molecule has 0 spiro atoms. The highest BCUT2D eigenvalue weighted by atomic mass is 32.2. The first kappa shape index (κ1) is 19.1. The molecule has 0 saturated carbocycles. The molecule has 5 nitrogen and oxygen atoms in total. The van der Waals surface area contributed by atoms with Crippen LogP contribution in [0.3, 0.4) is 0 Å². The third kappa shape index (κ3) is 4.08. The van der Waals surface area contributed by atoms with Gasteiger partial charge in [-0.15, -0.1) is 0 Å². The van der Waals surface area contributed by atoms with Crippen LogP contribution in [-0.2, 0) is 10.0 Å². The Labute approximate surface area is 149 Å². The van der Waals surface area contributed by atoms with Crippen molar-refractivity contribution in [2.24, 2.45) is 0 Å². The van der Waals surface area contributed by atoms with Crippen LogP contribution in [0.5, 0.6) is 0 Å². The lowest BCUT2D eigenvalue weighted by molar-refractivity contribution is 0.0988. The molecule has 2 aromatic carbocycles. The normalized spacial score (nSPS) is 11.8. The number of benzene rings is 2. The largest absolute Gasteiger partial charge is 0.309 e. The van der Waals surface area contributed by atoms with Gasteiger partial charge in [-0.2, -0.15) is 4.31 Å². The molecule has 0 N–H and O–H groups in total. The van der Waals surface area contributed by atoms with Gasteiger partial charge in [-0.3, -0.25) is 4.79 Å². The number of carbonyl (C=O) groups excluding carboxylic acids is 1. The number of nitrogens with zero attached hydrogens (tertiary/aromatic N) is 2. The molecular formula is C19H24N2O3S. The quantitative estimate of drug-likeness (QED) is 0.793. The van der Waals surface area contributed by atoms with E-state index < -0.39 is 10.0 Å². The molecule has 134 valence electrons. The highest BCUT2D eigenvalue weighted by Crippen LogP contribution is 2.20. The van der Waals surface area contributed by atoms with E-state index >= 15 is 0 Å². The van der Waals surface area contributed by atoms with Gasteiger partial charge in [-0.1, -0.05) is 18.2 Å².